The van der Waals surface area contributed by atoms with E-state index in [2.05, 4.69) is 14.7 Å². The van der Waals surface area contributed by atoms with Gasteiger partial charge in [-0.1, -0.05) is 37.6 Å². The topological polar surface area (TPSA) is 106 Å². The van der Waals surface area contributed by atoms with Crippen molar-refractivity contribution in [3.63, 3.8) is 0 Å². The number of amides is 1. The quantitative estimate of drug-likeness (QED) is 0.470. The highest BCUT2D eigenvalue weighted by atomic mass is 35.5. The average molecular weight is 463 g/mol. The highest BCUT2D eigenvalue weighted by Crippen LogP contribution is 2.34. The first-order chi connectivity index (χ1) is 14.7. The van der Waals surface area contributed by atoms with E-state index in [4.69, 9.17) is 16.3 Å². The van der Waals surface area contributed by atoms with Crippen molar-refractivity contribution in [3.05, 3.63) is 47.4 Å². The van der Waals surface area contributed by atoms with Crippen LogP contribution in [0.3, 0.4) is 0 Å². The predicted octanol–water partition coefficient (Wildman–Crippen LogP) is 4.85. The molecule has 0 aliphatic rings. The van der Waals surface area contributed by atoms with E-state index in [0.29, 0.717) is 33.9 Å². The molecule has 0 unspecified atom stereocenters. The standard InChI is InChI=1S/C21H23ClN4O4S/c1-12(2)8-16(20(29)24-21-23-18(25-31-21)9-13(3)27)26-11-14(10-19(26)28)30-17-7-5-4-6-15(17)22/h4-7,10-12,16,28H,8-9H2,1-3H3,(H,23,24,25,29)/t16-/m0/s1. The molecular formula is C21H23ClN4O4S. The second-order valence-corrected chi connectivity index (χ2v) is 8.66. The van der Waals surface area contributed by atoms with Gasteiger partial charge in [0.1, 0.15) is 23.3 Å². The Morgan fingerprint density at radius 1 is 1.32 bits per heavy atom. The third-order valence-electron chi connectivity index (χ3n) is 4.31. The molecule has 0 saturated carbocycles. The normalized spacial score (nSPS) is 12.0. The first-order valence-electron chi connectivity index (χ1n) is 9.69. The summed E-state index contributed by atoms with van der Waals surface area (Å²) in [5.41, 5.74) is 0. The minimum atomic E-state index is -0.705. The van der Waals surface area contributed by atoms with E-state index in [1.165, 1.54) is 17.6 Å². The zero-order chi connectivity index (χ0) is 22.5. The molecular weight excluding hydrogens is 440 g/mol. The van der Waals surface area contributed by atoms with Gasteiger partial charge in [-0.2, -0.15) is 4.37 Å². The Morgan fingerprint density at radius 2 is 2.06 bits per heavy atom. The second-order valence-electron chi connectivity index (χ2n) is 7.50. The number of aromatic hydroxyl groups is 1. The van der Waals surface area contributed by atoms with Gasteiger partial charge in [-0.25, -0.2) is 4.98 Å². The maximum absolute atomic E-state index is 13.0. The summed E-state index contributed by atoms with van der Waals surface area (Å²) in [7, 11) is 0. The predicted molar refractivity (Wildman–Crippen MR) is 119 cm³/mol. The van der Waals surface area contributed by atoms with E-state index in [-0.39, 0.29) is 29.9 Å². The zero-order valence-corrected chi connectivity index (χ0v) is 18.9. The molecule has 0 fully saturated rings. The maximum Gasteiger partial charge on any atom is 0.249 e. The molecule has 2 N–H and O–H groups in total. The number of ketones is 1. The van der Waals surface area contributed by atoms with Crippen LogP contribution < -0.4 is 10.1 Å². The lowest BCUT2D eigenvalue weighted by Crippen LogP contribution is -2.26. The van der Waals surface area contributed by atoms with Crippen LogP contribution in [0.5, 0.6) is 17.4 Å². The van der Waals surface area contributed by atoms with Crippen molar-refractivity contribution in [2.75, 3.05) is 5.32 Å². The fourth-order valence-electron chi connectivity index (χ4n) is 2.98. The van der Waals surface area contributed by atoms with Gasteiger partial charge in [-0.3, -0.25) is 14.9 Å². The summed E-state index contributed by atoms with van der Waals surface area (Å²) in [5, 5.41) is 14.0. The van der Waals surface area contributed by atoms with Crippen molar-refractivity contribution in [2.45, 2.75) is 39.7 Å². The Balaban J connectivity index is 1.81. The molecule has 0 aliphatic heterocycles. The lowest BCUT2D eigenvalue weighted by Gasteiger charge is -2.20. The summed E-state index contributed by atoms with van der Waals surface area (Å²) >= 11 is 7.14. The smallest absolute Gasteiger partial charge is 0.249 e. The monoisotopic (exact) mass is 462 g/mol. The van der Waals surface area contributed by atoms with E-state index >= 15 is 0 Å². The Labute approximate surface area is 189 Å². The van der Waals surface area contributed by atoms with Gasteiger partial charge in [0.05, 0.1) is 17.6 Å². The molecule has 1 atom stereocenters. The molecule has 3 aromatic rings. The molecule has 3 rings (SSSR count). The lowest BCUT2D eigenvalue weighted by molar-refractivity contribution is -0.120. The van der Waals surface area contributed by atoms with Crippen LogP contribution in [0, 0.1) is 5.92 Å². The van der Waals surface area contributed by atoms with Crippen LogP contribution in [0.2, 0.25) is 5.02 Å². The average Bonchev–Trinajstić information content (AvgIpc) is 3.27. The van der Waals surface area contributed by atoms with E-state index < -0.39 is 6.04 Å². The number of nitrogens with one attached hydrogen (secondary N) is 1. The van der Waals surface area contributed by atoms with Crippen LogP contribution >= 0.6 is 23.1 Å². The number of Topliss-reactive ketones (excluding diaryl/α,β-unsaturated/α-hetero) is 1. The molecule has 8 nitrogen and oxygen atoms in total. The highest BCUT2D eigenvalue weighted by molar-refractivity contribution is 7.09. The first kappa shape index (κ1) is 22.8. The molecule has 0 spiro atoms. The van der Waals surface area contributed by atoms with Gasteiger partial charge < -0.3 is 14.4 Å². The number of nitrogens with zero attached hydrogens (tertiary/aromatic N) is 3. The summed E-state index contributed by atoms with van der Waals surface area (Å²) in [6.45, 7) is 5.42. The zero-order valence-electron chi connectivity index (χ0n) is 17.3. The van der Waals surface area contributed by atoms with Crippen molar-refractivity contribution < 1.29 is 19.4 Å². The van der Waals surface area contributed by atoms with Gasteiger partial charge in [-0.05, 0) is 31.4 Å². The van der Waals surface area contributed by atoms with E-state index in [9.17, 15) is 14.7 Å². The van der Waals surface area contributed by atoms with Gasteiger partial charge >= 0.3 is 0 Å². The van der Waals surface area contributed by atoms with Crippen LogP contribution in [-0.2, 0) is 16.0 Å². The van der Waals surface area contributed by atoms with Crippen molar-refractivity contribution >= 4 is 40.0 Å². The molecule has 2 aromatic heterocycles. The van der Waals surface area contributed by atoms with Crippen molar-refractivity contribution in [2.24, 2.45) is 5.92 Å². The molecule has 0 aliphatic carbocycles. The number of carbonyl (C=O) groups excluding carboxylic acids is 2. The number of carbonyl (C=O) groups is 2. The molecule has 1 amide bonds. The number of hydrogen-bond donors (Lipinski definition) is 2. The van der Waals surface area contributed by atoms with Crippen LogP contribution in [0.25, 0.3) is 0 Å². The largest absolute Gasteiger partial charge is 0.494 e. The molecule has 31 heavy (non-hydrogen) atoms. The molecule has 10 heteroatoms. The van der Waals surface area contributed by atoms with Gasteiger partial charge in [0.25, 0.3) is 0 Å². The number of ether oxygens (including phenoxy) is 1. The van der Waals surface area contributed by atoms with E-state index in [0.717, 1.165) is 11.5 Å². The molecule has 0 radical (unpaired) electrons. The maximum atomic E-state index is 13.0. The number of hydrogen-bond acceptors (Lipinski definition) is 7. The Hall–Kier alpha value is -2.91. The fraction of sp³-hybridized carbons (Fsp3) is 0.333. The van der Waals surface area contributed by atoms with Crippen LogP contribution in [0.15, 0.2) is 36.5 Å². The molecule has 1 aromatic carbocycles. The second kappa shape index (κ2) is 9.93. The summed E-state index contributed by atoms with van der Waals surface area (Å²) < 4.78 is 11.3. The first-order valence-corrected chi connectivity index (χ1v) is 10.8. The summed E-state index contributed by atoms with van der Waals surface area (Å²) in [4.78, 5) is 28.4. The highest BCUT2D eigenvalue weighted by Gasteiger charge is 2.26. The van der Waals surface area contributed by atoms with Gasteiger partial charge in [0.2, 0.25) is 11.0 Å². The Bertz CT molecular complexity index is 1080. The van der Waals surface area contributed by atoms with Gasteiger partial charge in [0, 0.05) is 17.6 Å². The Kier molecular flexibility index (Phi) is 7.29. The van der Waals surface area contributed by atoms with Crippen molar-refractivity contribution in [1.82, 2.24) is 13.9 Å². The third kappa shape index (κ3) is 6.05. The number of halogens is 1. The lowest BCUT2D eigenvalue weighted by atomic mass is 10.0. The number of para-hydroxylation sites is 1. The summed E-state index contributed by atoms with van der Waals surface area (Å²) in [6, 6.07) is 7.71. The number of rotatable bonds is 9. The third-order valence-corrected chi connectivity index (χ3v) is 5.29. The molecule has 0 bridgehead atoms. The number of anilines is 1. The van der Waals surface area contributed by atoms with E-state index in [1.807, 2.05) is 13.8 Å². The minimum Gasteiger partial charge on any atom is -0.494 e. The fourth-order valence-corrected chi connectivity index (χ4v) is 3.75. The molecule has 2 heterocycles. The molecule has 0 saturated heterocycles. The van der Waals surface area contributed by atoms with Crippen molar-refractivity contribution in [1.29, 1.82) is 0 Å². The van der Waals surface area contributed by atoms with Crippen LogP contribution in [0.4, 0.5) is 5.13 Å². The summed E-state index contributed by atoms with van der Waals surface area (Å²) in [6.07, 6.45) is 2.15. The SMILES string of the molecule is CC(=O)Cc1nsc(NC(=O)[C@H](CC(C)C)n2cc(Oc3ccccc3Cl)cc2O)n1. The van der Waals surface area contributed by atoms with Crippen LogP contribution in [0.1, 0.15) is 39.1 Å². The van der Waals surface area contributed by atoms with Crippen LogP contribution in [-0.4, -0.2) is 30.7 Å². The Morgan fingerprint density at radius 3 is 2.74 bits per heavy atom. The number of aromatic nitrogens is 3. The van der Waals surface area contributed by atoms with E-state index in [1.54, 1.807) is 30.5 Å². The van der Waals surface area contributed by atoms with Gasteiger partial charge in [0.15, 0.2) is 11.7 Å². The number of benzene rings is 1. The van der Waals surface area contributed by atoms with Crippen molar-refractivity contribution in [3.8, 4) is 17.4 Å². The molecule has 164 valence electrons. The van der Waals surface area contributed by atoms with Gasteiger partial charge in [-0.15, -0.1) is 0 Å². The summed E-state index contributed by atoms with van der Waals surface area (Å²) in [5.74, 6) is 0.814. The minimum absolute atomic E-state index is 0.0586.